The molecule has 0 aliphatic rings. The molecule has 0 aliphatic heterocycles. The Hall–Kier alpha value is -2.58. The van der Waals surface area contributed by atoms with Crippen molar-refractivity contribution in [1.29, 1.82) is 0 Å². The maximum absolute atomic E-state index is 11.7. The highest BCUT2D eigenvalue weighted by molar-refractivity contribution is 7.89. The van der Waals surface area contributed by atoms with E-state index in [0.717, 1.165) is 0 Å². The van der Waals surface area contributed by atoms with E-state index in [0.29, 0.717) is 17.1 Å². The molecule has 0 atom stereocenters. The highest BCUT2D eigenvalue weighted by Crippen LogP contribution is 2.16. The Morgan fingerprint density at radius 2 is 1.38 bits per heavy atom. The number of rotatable bonds is 8. The van der Waals surface area contributed by atoms with Crippen molar-refractivity contribution in [2.45, 2.75) is 24.8 Å². The van der Waals surface area contributed by atoms with Crippen molar-refractivity contribution in [3.8, 4) is 11.5 Å². The average molecular weight is 379 g/mol. The van der Waals surface area contributed by atoms with Crippen LogP contribution in [0.4, 0.5) is 0 Å². The third kappa shape index (κ3) is 6.05. The Labute approximate surface area is 152 Å². The number of hydrogen-bond acceptors (Lipinski definition) is 6. The second kappa shape index (κ2) is 8.68. The maximum Gasteiger partial charge on any atom is 0.338 e. The largest absolute Gasteiger partial charge is 0.490 e. The second-order valence-corrected chi connectivity index (χ2v) is 7.25. The van der Waals surface area contributed by atoms with E-state index in [4.69, 9.17) is 19.3 Å². The van der Waals surface area contributed by atoms with Crippen LogP contribution < -0.4 is 14.6 Å². The predicted molar refractivity (Wildman–Crippen MR) is 95.8 cm³/mol. The summed E-state index contributed by atoms with van der Waals surface area (Å²) in [6.07, 6.45) is -0.172. The fourth-order valence-electron chi connectivity index (χ4n) is 2.01. The predicted octanol–water partition coefficient (Wildman–Crippen LogP) is 2.36. The van der Waals surface area contributed by atoms with Crippen LogP contribution in [0.3, 0.4) is 0 Å². The number of primary sulfonamides is 1. The summed E-state index contributed by atoms with van der Waals surface area (Å²) in [5, 5.41) is 5.03. The molecule has 2 aromatic carbocycles. The van der Waals surface area contributed by atoms with Crippen LogP contribution in [-0.2, 0) is 14.8 Å². The standard InChI is InChI=1S/C18H21NO6S/c1-13(2)25-18(20)14-3-5-15(6-4-14)23-11-12-24-16-7-9-17(10-8-16)26(19,21)22/h3-10,13H,11-12H2,1-2H3,(H2,19,21,22). The van der Waals surface area contributed by atoms with E-state index >= 15 is 0 Å². The average Bonchev–Trinajstić information content (AvgIpc) is 2.58. The molecule has 0 aromatic heterocycles. The van der Waals surface area contributed by atoms with Crippen LogP contribution in [0.25, 0.3) is 0 Å². The highest BCUT2D eigenvalue weighted by atomic mass is 32.2. The lowest BCUT2D eigenvalue weighted by atomic mass is 10.2. The van der Waals surface area contributed by atoms with Gasteiger partial charge in [-0.25, -0.2) is 18.4 Å². The van der Waals surface area contributed by atoms with Crippen LogP contribution in [-0.4, -0.2) is 33.7 Å². The van der Waals surface area contributed by atoms with Gasteiger partial charge in [0.1, 0.15) is 24.7 Å². The lowest BCUT2D eigenvalue weighted by Crippen LogP contribution is -2.12. The van der Waals surface area contributed by atoms with Crippen molar-refractivity contribution in [2.24, 2.45) is 5.14 Å². The SMILES string of the molecule is CC(C)OC(=O)c1ccc(OCCOc2ccc(S(N)(=O)=O)cc2)cc1. The molecular weight excluding hydrogens is 358 g/mol. The smallest absolute Gasteiger partial charge is 0.338 e. The summed E-state index contributed by atoms with van der Waals surface area (Å²) in [7, 11) is -3.71. The van der Waals surface area contributed by atoms with Gasteiger partial charge in [-0.05, 0) is 62.4 Å². The quantitative estimate of drug-likeness (QED) is 0.558. The van der Waals surface area contributed by atoms with Crippen LogP contribution >= 0.6 is 0 Å². The van der Waals surface area contributed by atoms with Gasteiger partial charge < -0.3 is 14.2 Å². The van der Waals surface area contributed by atoms with Crippen molar-refractivity contribution in [3.63, 3.8) is 0 Å². The molecule has 7 nitrogen and oxygen atoms in total. The zero-order valence-electron chi connectivity index (χ0n) is 14.5. The highest BCUT2D eigenvalue weighted by Gasteiger charge is 2.09. The Kier molecular flexibility index (Phi) is 6.59. The molecule has 0 radical (unpaired) electrons. The van der Waals surface area contributed by atoms with Gasteiger partial charge in [0.2, 0.25) is 10.0 Å². The van der Waals surface area contributed by atoms with Crippen LogP contribution in [0.2, 0.25) is 0 Å². The normalized spacial score (nSPS) is 11.2. The van der Waals surface area contributed by atoms with Crippen LogP contribution in [0.5, 0.6) is 11.5 Å². The third-order valence-corrected chi connectivity index (χ3v) is 4.14. The van der Waals surface area contributed by atoms with Gasteiger partial charge in [-0.1, -0.05) is 0 Å². The molecule has 0 spiro atoms. The minimum atomic E-state index is -3.71. The summed E-state index contributed by atoms with van der Waals surface area (Å²) in [5.74, 6) is 0.727. The van der Waals surface area contributed by atoms with Crippen molar-refractivity contribution < 1.29 is 27.4 Å². The van der Waals surface area contributed by atoms with Crippen molar-refractivity contribution in [2.75, 3.05) is 13.2 Å². The van der Waals surface area contributed by atoms with E-state index in [2.05, 4.69) is 0 Å². The number of ether oxygens (including phenoxy) is 3. The topological polar surface area (TPSA) is 105 Å². The molecule has 2 aromatic rings. The molecular formula is C18H21NO6S. The summed E-state index contributed by atoms with van der Waals surface area (Å²) < 4.78 is 38.4. The Morgan fingerprint density at radius 1 is 0.923 bits per heavy atom. The van der Waals surface area contributed by atoms with Crippen molar-refractivity contribution in [1.82, 2.24) is 0 Å². The van der Waals surface area contributed by atoms with Crippen molar-refractivity contribution in [3.05, 3.63) is 54.1 Å². The van der Waals surface area contributed by atoms with E-state index in [1.54, 1.807) is 38.1 Å². The van der Waals surface area contributed by atoms with Crippen LogP contribution in [0.15, 0.2) is 53.4 Å². The zero-order valence-corrected chi connectivity index (χ0v) is 15.4. The summed E-state index contributed by atoms with van der Waals surface area (Å²) in [6.45, 7) is 4.13. The molecule has 0 unspecified atom stereocenters. The summed E-state index contributed by atoms with van der Waals surface area (Å²) >= 11 is 0. The zero-order chi connectivity index (χ0) is 19.2. The van der Waals surface area contributed by atoms with E-state index in [1.807, 2.05) is 0 Å². The summed E-state index contributed by atoms with van der Waals surface area (Å²) in [5.41, 5.74) is 0.456. The number of carbonyl (C=O) groups is 1. The fourth-order valence-corrected chi connectivity index (χ4v) is 2.53. The van der Waals surface area contributed by atoms with E-state index < -0.39 is 10.0 Å². The lowest BCUT2D eigenvalue weighted by molar-refractivity contribution is 0.0378. The number of carbonyl (C=O) groups excluding carboxylic acids is 1. The van der Waals surface area contributed by atoms with E-state index in [-0.39, 0.29) is 30.2 Å². The van der Waals surface area contributed by atoms with Crippen LogP contribution in [0.1, 0.15) is 24.2 Å². The molecule has 2 rings (SSSR count). The van der Waals surface area contributed by atoms with Gasteiger partial charge >= 0.3 is 5.97 Å². The Morgan fingerprint density at radius 3 is 1.81 bits per heavy atom. The summed E-state index contributed by atoms with van der Waals surface area (Å²) in [6, 6.07) is 12.4. The molecule has 8 heteroatoms. The first-order valence-electron chi connectivity index (χ1n) is 7.95. The van der Waals surface area contributed by atoms with Gasteiger partial charge in [-0.3, -0.25) is 0 Å². The monoisotopic (exact) mass is 379 g/mol. The Balaban J connectivity index is 1.78. The lowest BCUT2D eigenvalue weighted by Gasteiger charge is -2.10. The number of esters is 1. The van der Waals surface area contributed by atoms with Crippen LogP contribution in [0, 0.1) is 0 Å². The molecule has 140 valence electrons. The molecule has 0 saturated heterocycles. The minimum absolute atomic E-state index is 0.0252. The van der Waals surface area contributed by atoms with Gasteiger partial charge in [-0.2, -0.15) is 0 Å². The first kappa shape index (κ1) is 19.7. The van der Waals surface area contributed by atoms with Crippen molar-refractivity contribution >= 4 is 16.0 Å². The molecule has 0 heterocycles. The Bertz CT molecular complexity index is 829. The van der Waals surface area contributed by atoms with Gasteiger partial charge in [0, 0.05) is 0 Å². The van der Waals surface area contributed by atoms with Gasteiger partial charge in [0.25, 0.3) is 0 Å². The molecule has 0 fully saturated rings. The number of sulfonamides is 1. The fraction of sp³-hybridized carbons (Fsp3) is 0.278. The molecule has 0 bridgehead atoms. The van der Waals surface area contributed by atoms with Gasteiger partial charge in [-0.15, -0.1) is 0 Å². The van der Waals surface area contributed by atoms with Gasteiger partial charge in [0.15, 0.2) is 0 Å². The minimum Gasteiger partial charge on any atom is -0.490 e. The second-order valence-electron chi connectivity index (χ2n) is 5.69. The molecule has 0 amide bonds. The number of benzene rings is 2. The maximum atomic E-state index is 11.7. The molecule has 0 saturated carbocycles. The van der Waals surface area contributed by atoms with E-state index in [9.17, 15) is 13.2 Å². The first-order valence-corrected chi connectivity index (χ1v) is 9.50. The number of hydrogen-bond donors (Lipinski definition) is 1. The summed E-state index contributed by atoms with van der Waals surface area (Å²) in [4.78, 5) is 11.8. The van der Waals surface area contributed by atoms with Gasteiger partial charge in [0.05, 0.1) is 16.6 Å². The molecule has 26 heavy (non-hydrogen) atoms. The molecule has 0 aliphatic carbocycles. The molecule has 2 N–H and O–H groups in total. The number of nitrogens with two attached hydrogens (primary N) is 1. The third-order valence-electron chi connectivity index (χ3n) is 3.21. The first-order chi connectivity index (χ1) is 12.3. The van der Waals surface area contributed by atoms with E-state index in [1.165, 1.54) is 24.3 Å².